The SMILES string of the molecule is CC(C)Oc1ccc(C(F)(F)Cl)cc1. The van der Waals surface area contributed by atoms with Crippen molar-refractivity contribution in [2.24, 2.45) is 0 Å². The van der Waals surface area contributed by atoms with Gasteiger partial charge in [0.1, 0.15) is 5.75 Å². The largest absolute Gasteiger partial charge is 0.491 e. The Morgan fingerprint density at radius 3 is 2.07 bits per heavy atom. The lowest BCUT2D eigenvalue weighted by Gasteiger charge is -2.11. The van der Waals surface area contributed by atoms with E-state index in [0.717, 1.165) is 0 Å². The predicted octanol–water partition coefficient (Wildman–Crippen LogP) is 3.76. The minimum atomic E-state index is -3.31. The van der Waals surface area contributed by atoms with Crippen LogP contribution in [0.15, 0.2) is 24.3 Å². The highest BCUT2D eigenvalue weighted by Crippen LogP contribution is 2.33. The highest BCUT2D eigenvalue weighted by Gasteiger charge is 2.27. The lowest BCUT2D eigenvalue weighted by Crippen LogP contribution is -2.06. The first-order valence-corrected chi connectivity index (χ1v) is 4.61. The third kappa shape index (κ3) is 3.14. The molecule has 0 bridgehead atoms. The van der Waals surface area contributed by atoms with Gasteiger partial charge >= 0.3 is 5.38 Å². The van der Waals surface area contributed by atoms with E-state index in [1.807, 2.05) is 13.8 Å². The molecule has 0 amide bonds. The normalized spacial score (nSPS) is 11.9. The number of halogens is 3. The van der Waals surface area contributed by atoms with Gasteiger partial charge in [-0.25, -0.2) is 0 Å². The molecule has 1 aromatic carbocycles. The first kappa shape index (κ1) is 11.2. The molecule has 0 unspecified atom stereocenters. The van der Waals surface area contributed by atoms with E-state index < -0.39 is 5.38 Å². The molecule has 0 fully saturated rings. The molecule has 0 aliphatic heterocycles. The highest BCUT2D eigenvalue weighted by atomic mass is 35.5. The molecule has 78 valence electrons. The summed E-state index contributed by atoms with van der Waals surface area (Å²) in [4.78, 5) is 0. The Kier molecular flexibility index (Phi) is 3.32. The number of hydrogen-bond donors (Lipinski definition) is 0. The van der Waals surface area contributed by atoms with E-state index in [9.17, 15) is 8.78 Å². The molecule has 1 aromatic rings. The van der Waals surface area contributed by atoms with Gasteiger partial charge in [0.2, 0.25) is 0 Å². The molecular weight excluding hydrogens is 210 g/mol. The van der Waals surface area contributed by atoms with Crippen molar-refractivity contribution in [3.05, 3.63) is 29.8 Å². The van der Waals surface area contributed by atoms with Gasteiger partial charge in [0.05, 0.1) is 6.10 Å². The summed E-state index contributed by atoms with van der Waals surface area (Å²) in [6, 6.07) is 5.46. The zero-order valence-electron chi connectivity index (χ0n) is 7.93. The van der Waals surface area contributed by atoms with Crippen molar-refractivity contribution < 1.29 is 13.5 Å². The van der Waals surface area contributed by atoms with Gasteiger partial charge in [-0.2, -0.15) is 8.78 Å². The molecule has 1 rings (SSSR count). The summed E-state index contributed by atoms with van der Waals surface area (Å²) in [6.07, 6.45) is 0.0253. The van der Waals surface area contributed by atoms with Crippen LogP contribution in [-0.4, -0.2) is 6.10 Å². The van der Waals surface area contributed by atoms with Gasteiger partial charge in [-0.05, 0) is 49.7 Å². The number of hydrogen-bond acceptors (Lipinski definition) is 1. The van der Waals surface area contributed by atoms with Crippen LogP contribution in [0.2, 0.25) is 0 Å². The highest BCUT2D eigenvalue weighted by molar-refractivity contribution is 6.21. The minimum absolute atomic E-state index is 0.0253. The average molecular weight is 221 g/mol. The molecule has 0 radical (unpaired) electrons. The zero-order chi connectivity index (χ0) is 10.8. The second-order valence-corrected chi connectivity index (χ2v) is 3.66. The van der Waals surface area contributed by atoms with Crippen LogP contribution in [-0.2, 0) is 5.38 Å². The molecule has 4 heteroatoms. The van der Waals surface area contributed by atoms with Crippen LogP contribution in [0.3, 0.4) is 0 Å². The fraction of sp³-hybridized carbons (Fsp3) is 0.400. The maximum absolute atomic E-state index is 12.6. The van der Waals surface area contributed by atoms with Gasteiger partial charge in [0.15, 0.2) is 0 Å². The molecule has 1 nitrogen and oxygen atoms in total. The molecule has 0 aliphatic rings. The van der Waals surface area contributed by atoms with Crippen LogP contribution < -0.4 is 4.74 Å². The Labute approximate surface area is 86.6 Å². The van der Waals surface area contributed by atoms with Crippen molar-refractivity contribution in [2.75, 3.05) is 0 Å². The number of benzene rings is 1. The predicted molar refractivity (Wildman–Crippen MR) is 52.0 cm³/mol. The molecule has 14 heavy (non-hydrogen) atoms. The first-order valence-electron chi connectivity index (χ1n) is 4.23. The Balaban J connectivity index is 2.79. The van der Waals surface area contributed by atoms with Gasteiger partial charge in [0, 0.05) is 5.56 Å². The summed E-state index contributed by atoms with van der Waals surface area (Å²) in [6.45, 7) is 3.73. The first-order chi connectivity index (χ1) is 6.39. The molecule has 0 aromatic heterocycles. The number of ether oxygens (including phenoxy) is 1. The summed E-state index contributed by atoms with van der Waals surface area (Å²) >= 11 is 4.84. The van der Waals surface area contributed by atoms with E-state index in [-0.39, 0.29) is 11.7 Å². The molecule has 0 saturated heterocycles. The van der Waals surface area contributed by atoms with Crippen molar-refractivity contribution >= 4 is 11.6 Å². The maximum atomic E-state index is 12.6. The van der Waals surface area contributed by atoms with Gasteiger partial charge in [-0.1, -0.05) is 0 Å². The fourth-order valence-electron chi connectivity index (χ4n) is 0.995. The third-order valence-electron chi connectivity index (χ3n) is 1.55. The summed E-state index contributed by atoms with van der Waals surface area (Å²) < 4.78 is 30.4. The summed E-state index contributed by atoms with van der Waals surface area (Å²) in [5.41, 5.74) is -0.227. The molecule has 0 aliphatic carbocycles. The molecule has 0 spiro atoms. The monoisotopic (exact) mass is 220 g/mol. The van der Waals surface area contributed by atoms with E-state index >= 15 is 0 Å². The second-order valence-electron chi connectivity index (χ2n) is 3.19. The van der Waals surface area contributed by atoms with Crippen LogP contribution in [0.4, 0.5) is 8.78 Å². The van der Waals surface area contributed by atoms with Crippen LogP contribution in [0.25, 0.3) is 0 Å². The average Bonchev–Trinajstić information content (AvgIpc) is 2.02. The van der Waals surface area contributed by atoms with E-state index in [2.05, 4.69) is 0 Å². The lowest BCUT2D eigenvalue weighted by molar-refractivity contribution is 0.0950. The molecular formula is C10H11ClF2O. The Morgan fingerprint density at radius 1 is 1.21 bits per heavy atom. The fourth-order valence-corrected chi connectivity index (χ4v) is 1.12. The van der Waals surface area contributed by atoms with Gasteiger partial charge in [-0.15, -0.1) is 0 Å². The van der Waals surface area contributed by atoms with Crippen LogP contribution in [0, 0.1) is 0 Å². The second kappa shape index (κ2) is 4.13. The Morgan fingerprint density at radius 2 is 1.71 bits per heavy atom. The smallest absolute Gasteiger partial charge is 0.348 e. The Hall–Kier alpha value is -0.830. The minimum Gasteiger partial charge on any atom is -0.491 e. The Bertz CT molecular complexity index is 290. The third-order valence-corrected chi connectivity index (χ3v) is 1.77. The summed E-state index contributed by atoms with van der Waals surface area (Å²) in [7, 11) is 0. The van der Waals surface area contributed by atoms with E-state index in [0.29, 0.717) is 5.75 Å². The van der Waals surface area contributed by atoms with Gasteiger partial charge < -0.3 is 4.74 Å². The summed E-state index contributed by atoms with van der Waals surface area (Å²) in [5, 5.41) is -3.31. The van der Waals surface area contributed by atoms with Crippen molar-refractivity contribution in [2.45, 2.75) is 25.3 Å². The number of alkyl halides is 3. The maximum Gasteiger partial charge on any atom is 0.348 e. The van der Waals surface area contributed by atoms with E-state index in [1.54, 1.807) is 0 Å². The quantitative estimate of drug-likeness (QED) is 0.705. The van der Waals surface area contributed by atoms with Crippen molar-refractivity contribution in [3.8, 4) is 5.75 Å². The molecule has 0 heterocycles. The topological polar surface area (TPSA) is 9.23 Å². The standard InChI is InChI=1S/C10H11ClF2O/c1-7(2)14-9-5-3-8(4-6-9)10(11,12)13/h3-7H,1-2H3. The van der Waals surface area contributed by atoms with Crippen molar-refractivity contribution in [3.63, 3.8) is 0 Å². The van der Waals surface area contributed by atoms with Crippen molar-refractivity contribution in [1.29, 1.82) is 0 Å². The van der Waals surface area contributed by atoms with Crippen LogP contribution in [0.5, 0.6) is 5.75 Å². The van der Waals surface area contributed by atoms with E-state index in [1.165, 1.54) is 24.3 Å². The molecule has 0 saturated carbocycles. The van der Waals surface area contributed by atoms with Crippen molar-refractivity contribution in [1.82, 2.24) is 0 Å². The molecule has 0 atom stereocenters. The van der Waals surface area contributed by atoms with Gasteiger partial charge in [0.25, 0.3) is 0 Å². The lowest BCUT2D eigenvalue weighted by atomic mass is 10.2. The van der Waals surface area contributed by atoms with Crippen LogP contribution >= 0.6 is 11.6 Å². The van der Waals surface area contributed by atoms with Crippen LogP contribution in [0.1, 0.15) is 19.4 Å². The van der Waals surface area contributed by atoms with E-state index in [4.69, 9.17) is 16.3 Å². The van der Waals surface area contributed by atoms with Gasteiger partial charge in [-0.3, -0.25) is 0 Å². The zero-order valence-corrected chi connectivity index (χ0v) is 8.68. The summed E-state index contributed by atoms with van der Waals surface area (Å²) in [5.74, 6) is 0.560. The number of rotatable bonds is 3. The molecule has 0 N–H and O–H groups in total.